The summed E-state index contributed by atoms with van der Waals surface area (Å²) in [7, 11) is 1.86. The molecule has 2 N–H and O–H groups in total. The number of fused-ring (bicyclic) bond motifs is 1. The lowest BCUT2D eigenvalue weighted by atomic mass is 10.1. The van der Waals surface area contributed by atoms with Crippen molar-refractivity contribution in [1.82, 2.24) is 15.0 Å². The summed E-state index contributed by atoms with van der Waals surface area (Å²) in [5.41, 5.74) is 4.40. The zero-order chi connectivity index (χ0) is 13.9. The smallest absolute Gasteiger partial charge is 0.179 e. The van der Waals surface area contributed by atoms with Gasteiger partial charge >= 0.3 is 0 Å². The molecule has 4 heteroatoms. The number of hydrogen-bond donors (Lipinski definition) is 2. The third-order valence-corrected chi connectivity index (χ3v) is 3.38. The molecule has 0 aliphatic heterocycles. The number of H-pyrrole nitrogens is 1. The SMILES string of the molecule is CNc1ccc2[nH]c(CCc3cccc(C)c3)nc2n1. The van der Waals surface area contributed by atoms with Gasteiger partial charge in [0.1, 0.15) is 11.6 Å². The van der Waals surface area contributed by atoms with Crippen molar-refractivity contribution in [3.63, 3.8) is 0 Å². The maximum Gasteiger partial charge on any atom is 0.179 e. The normalized spacial score (nSPS) is 10.9. The number of rotatable bonds is 4. The summed E-state index contributed by atoms with van der Waals surface area (Å²) in [6.45, 7) is 2.12. The lowest BCUT2D eigenvalue weighted by molar-refractivity contribution is 0.888. The summed E-state index contributed by atoms with van der Waals surface area (Å²) < 4.78 is 0. The van der Waals surface area contributed by atoms with Crippen molar-refractivity contribution in [3.8, 4) is 0 Å². The van der Waals surface area contributed by atoms with E-state index in [1.807, 2.05) is 19.2 Å². The molecular weight excluding hydrogens is 248 g/mol. The quantitative estimate of drug-likeness (QED) is 0.763. The molecule has 0 fully saturated rings. The minimum absolute atomic E-state index is 0.774. The Labute approximate surface area is 118 Å². The van der Waals surface area contributed by atoms with Crippen LogP contribution in [0.1, 0.15) is 17.0 Å². The molecule has 2 heterocycles. The van der Waals surface area contributed by atoms with Crippen LogP contribution in [0.3, 0.4) is 0 Å². The van der Waals surface area contributed by atoms with Crippen molar-refractivity contribution in [1.29, 1.82) is 0 Å². The van der Waals surface area contributed by atoms with Gasteiger partial charge in [0.25, 0.3) is 0 Å². The van der Waals surface area contributed by atoms with Gasteiger partial charge in [0, 0.05) is 13.5 Å². The molecule has 2 aromatic heterocycles. The van der Waals surface area contributed by atoms with Gasteiger partial charge in [-0.05, 0) is 31.0 Å². The summed E-state index contributed by atoms with van der Waals surface area (Å²) in [4.78, 5) is 12.3. The Morgan fingerprint density at radius 1 is 1.10 bits per heavy atom. The monoisotopic (exact) mass is 266 g/mol. The standard InChI is InChI=1S/C16H18N4/c1-11-4-3-5-12(10-11)6-8-15-18-13-7-9-14(17-2)19-16(13)20-15/h3-5,7,9-10H,6,8H2,1-2H3,(H2,17,18,19,20). The van der Waals surface area contributed by atoms with Gasteiger partial charge in [-0.25, -0.2) is 9.97 Å². The van der Waals surface area contributed by atoms with E-state index >= 15 is 0 Å². The van der Waals surface area contributed by atoms with Gasteiger partial charge in [0.15, 0.2) is 5.65 Å². The van der Waals surface area contributed by atoms with E-state index in [9.17, 15) is 0 Å². The van der Waals surface area contributed by atoms with E-state index in [1.165, 1.54) is 11.1 Å². The molecule has 0 atom stereocenters. The van der Waals surface area contributed by atoms with Crippen LogP contribution in [-0.4, -0.2) is 22.0 Å². The van der Waals surface area contributed by atoms with E-state index in [0.717, 1.165) is 35.6 Å². The van der Waals surface area contributed by atoms with Gasteiger partial charge in [-0.3, -0.25) is 0 Å². The average molecular weight is 266 g/mol. The number of pyridine rings is 1. The molecule has 102 valence electrons. The van der Waals surface area contributed by atoms with Crippen LogP contribution in [0.2, 0.25) is 0 Å². The van der Waals surface area contributed by atoms with Crippen LogP contribution in [0.25, 0.3) is 11.2 Å². The van der Waals surface area contributed by atoms with Crippen LogP contribution < -0.4 is 5.32 Å². The lowest BCUT2D eigenvalue weighted by Gasteiger charge is -2.00. The Balaban J connectivity index is 1.77. The topological polar surface area (TPSA) is 53.6 Å². The molecule has 0 amide bonds. The van der Waals surface area contributed by atoms with Gasteiger partial charge in [-0.2, -0.15) is 0 Å². The van der Waals surface area contributed by atoms with Gasteiger partial charge in [0.2, 0.25) is 0 Å². The predicted octanol–water partition coefficient (Wildman–Crippen LogP) is 3.09. The van der Waals surface area contributed by atoms with Gasteiger partial charge in [0.05, 0.1) is 5.52 Å². The highest BCUT2D eigenvalue weighted by atomic mass is 15.0. The summed E-state index contributed by atoms with van der Waals surface area (Å²) in [5, 5.41) is 3.03. The summed E-state index contributed by atoms with van der Waals surface area (Å²) in [5.74, 6) is 1.83. The molecule has 20 heavy (non-hydrogen) atoms. The number of nitrogens with one attached hydrogen (secondary N) is 2. The largest absolute Gasteiger partial charge is 0.373 e. The fourth-order valence-electron chi connectivity index (χ4n) is 2.33. The first-order valence-corrected chi connectivity index (χ1v) is 6.83. The molecule has 0 unspecified atom stereocenters. The van der Waals surface area contributed by atoms with Crippen molar-refractivity contribution in [2.75, 3.05) is 12.4 Å². The fourth-order valence-corrected chi connectivity index (χ4v) is 2.33. The second-order valence-electron chi connectivity index (χ2n) is 4.99. The van der Waals surface area contributed by atoms with Crippen LogP contribution in [-0.2, 0) is 12.8 Å². The lowest BCUT2D eigenvalue weighted by Crippen LogP contribution is -1.94. The molecule has 3 aromatic rings. The second kappa shape index (κ2) is 5.33. The van der Waals surface area contributed by atoms with Gasteiger partial charge in [-0.15, -0.1) is 0 Å². The maximum atomic E-state index is 4.55. The number of nitrogens with zero attached hydrogens (tertiary/aromatic N) is 2. The summed E-state index contributed by atoms with van der Waals surface area (Å²) in [6.07, 6.45) is 1.88. The zero-order valence-corrected chi connectivity index (χ0v) is 11.8. The van der Waals surface area contributed by atoms with Crippen LogP contribution in [0.4, 0.5) is 5.82 Å². The number of aryl methyl sites for hydroxylation is 3. The Morgan fingerprint density at radius 2 is 2.00 bits per heavy atom. The molecule has 0 spiro atoms. The number of aromatic amines is 1. The van der Waals surface area contributed by atoms with Crippen LogP contribution >= 0.6 is 0 Å². The molecule has 0 aliphatic rings. The number of anilines is 1. The van der Waals surface area contributed by atoms with Gasteiger partial charge < -0.3 is 10.3 Å². The Kier molecular flexibility index (Phi) is 3.37. The Hall–Kier alpha value is -2.36. The Morgan fingerprint density at radius 3 is 2.80 bits per heavy atom. The minimum Gasteiger partial charge on any atom is -0.373 e. The van der Waals surface area contributed by atoms with Crippen molar-refractivity contribution in [3.05, 3.63) is 53.3 Å². The number of aromatic nitrogens is 3. The highest BCUT2D eigenvalue weighted by Gasteiger charge is 2.05. The van der Waals surface area contributed by atoms with Crippen LogP contribution in [0.5, 0.6) is 0 Å². The third kappa shape index (κ3) is 2.64. The van der Waals surface area contributed by atoms with E-state index in [1.54, 1.807) is 0 Å². The maximum absolute atomic E-state index is 4.55. The van der Waals surface area contributed by atoms with Crippen molar-refractivity contribution in [2.45, 2.75) is 19.8 Å². The van der Waals surface area contributed by atoms with E-state index in [2.05, 4.69) is 51.5 Å². The first-order chi connectivity index (χ1) is 9.74. The average Bonchev–Trinajstić information content (AvgIpc) is 2.87. The predicted molar refractivity (Wildman–Crippen MR) is 82.0 cm³/mol. The first-order valence-electron chi connectivity index (χ1n) is 6.83. The second-order valence-corrected chi connectivity index (χ2v) is 4.99. The van der Waals surface area contributed by atoms with Crippen molar-refractivity contribution in [2.24, 2.45) is 0 Å². The summed E-state index contributed by atoms with van der Waals surface area (Å²) >= 11 is 0. The molecule has 0 saturated carbocycles. The fraction of sp³-hybridized carbons (Fsp3) is 0.250. The van der Waals surface area contributed by atoms with Crippen LogP contribution in [0, 0.1) is 6.92 Å². The molecule has 3 rings (SSSR count). The van der Waals surface area contributed by atoms with Crippen molar-refractivity contribution < 1.29 is 0 Å². The molecule has 0 bridgehead atoms. The number of imidazole rings is 1. The molecule has 0 radical (unpaired) electrons. The number of benzene rings is 1. The third-order valence-electron chi connectivity index (χ3n) is 3.38. The van der Waals surface area contributed by atoms with Gasteiger partial charge in [-0.1, -0.05) is 29.8 Å². The van der Waals surface area contributed by atoms with E-state index in [0.29, 0.717) is 0 Å². The molecule has 0 saturated heterocycles. The molecule has 1 aromatic carbocycles. The zero-order valence-electron chi connectivity index (χ0n) is 11.8. The molecule has 0 aliphatic carbocycles. The van der Waals surface area contributed by atoms with E-state index in [4.69, 9.17) is 0 Å². The highest BCUT2D eigenvalue weighted by Crippen LogP contribution is 2.14. The van der Waals surface area contributed by atoms with Crippen LogP contribution in [0.15, 0.2) is 36.4 Å². The van der Waals surface area contributed by atoms with E-state index in [-0.39, 0.29) is 0 Å². The summed E-state index contributed by atoms with van der Waals surface area (Å²) in [6, 6.07) is 12.6. The first kappa shape index (κ1) is 12.7. The van der Waals surface area contributed by atoms with E-state index < -0.39 is 0 Å². The molecular formula is C16H18N4. The highest BCUT2D eigenvalue weighted by molar-refractivity contribution is 5.72. The molecule has 4 nitrogen and oxygen atoms in total. The minimum atomic E-state index is 0.774. The van der Waals surface area contributed by atoms with Crippen molar-refractivity contribution >= 4 is 17.0 Å². The number of hydrogen-bond acceptors (Lipinski definition) is 3. The Bertz CT molecular complexity index is 730.